The Morgan fingerprint density at radius 3 is 2.91 bits per heavy atom. The highest BCUT2D eigenvalue weighted by molar-refractivity contribution is 5.94. The van der Waals surface area contributed by atoms with Crippen molar-refractivity contribution >= 4 is 17.6 Å². The molecule has 1 fully saturated rings. The van der Waals surface area contributed by atoms with Gasteiger partial charge < -0.3 is 15.3 Å². The maximum atomic E-state index is 12.1. The minimum Gasteiger partial charge on any atom is -0.383 e. The molecule has 1 saturated heterocycles. The second kappa shape index (κ2) is 7.12. The minimum atomic E-state index is -0.992. The van der Waals surface area contributed by atoms with Gasteiger partial charge in [0.05, 0.1) is 6.54 Å². The van der Waals surface area contributed by atoms with Gasteiger partial charge >= 0.3 is 0 Å². The van der Waals surface area contributed by atoms with Crippen LogP contribution in [0.4, 0.5) is 5.82 Å². The molecule has 128 valence electrons. The summed E-state index contributed by atoms with van der Waals surface area (Å²) in [4.78, 5) is 25.5. The lowest BCUT2D eigenvalue weighted by molar-refractivity contribution is -0.141. The number of rotatable bonds is 4. The van der Waals surface area contributed by atoms with Crippen LogP contribution in [0.25, 0.3) is 0 Å². The van der Waals surface area contributed by atoms with Crippen molar-refractivity contribution in [2.75, 3.05) is 18.4 Å². The van der Waals surface area contributed by atoms with Gasteiger partial charge in [0.2, 0.25) is 5.91 Å². The Labute approximate surface area is 136 Å². The van der Waals surface area contributed by atoms with Gasteiger partial charge in [-0.2, -0.15) is 5.10 Å². The Kier molecular flexibility index (Phi) is 5.41. The lowest BCUT2D eigenvalue weighted by atomic mass is 9.91. The fourth-order valence-electron chi connectivity index (χ4n) is 2.69. The molecular formula is C16H26N4O3. The Morgan fingerprint density at radius 2 is 2.22 bits per heavy atom. The fraction of sp³-hybridized carbons (Fsp3) is 0.688. The van der Waals surface area contributed by atoms with Crippen molar-refractivity contribution in [2.45, 2.75) is 52.6 Å². The maximum Gasteiger partial charge on any atom is 0.251 e. The van der Waals surface area contributed by atoms with Crippen LogP contribution in [0.2, 0.25) is 0 Å². The number of nitrogens with zero attached hydrogens (tertiary/aromatic N) is 2. The van der Waals surface area contributed by atoms with E-state index in [4.69, 9.17) is 0 Å². The van der Waals surface area contributed by atoms with Crippen molar-refractivity contribution in [1.82, 2.24) is 15.1 Å². The Bertz CT molecular complexity index is 562. The molecule has 1 aliphatic rings. The third-order valence-electron chi connectivity index (χ3n) is 3.71. The van der Waals surface area contributed by atoms with Crippen molar-refractivity contribution in [3.63, 3.8) is 0 Å². The van der Waals surface area contributed by atoms with E-state index in [1.165, 1.54) is 4.90 Å². The van der Waals surface area contributed by atoms with Gasteiger partial charge in [0.1, 0.15) is 6.10 Å². The summed E-state index contributed by atoms with van der Waals surface area (Å²) < 4.78 is 0. The highest BCUT2D eigenvalue weighted by Gasteiger charge is 2.26. The number of aliphatic hydroxyl groups is 1. The van der Waals surface area contributed by atoms with Crippen molar-refractivity contribution in [3.05, 3.63) is 11.8 Å². The van der Waals surface area contributed by atoms with E-state index in [0.29, 0.717) is 18.8 Å². The number of anilines is 1. The average molecular weight is 322 g/mol. The lowest BCUT2D eigenvalue weighted by Crippen LogP contribution is -2.42. The molecule has 0 saturated carbocycles. The normalized spacial score (nSPS) is 19.6. The van der Waals surface area contributed by atoms with Crippen molar-refractivity contribution in [2.24, 2.45) is 5.41 Å². The third kappa shape index (κ3) is 5.35. The van der Waals surface area contributed by atoms with E-state index in [0.717, 1.165) is 25.0 Å². The zero-order chi connectivity index (χ0) is 17.0. The SMILES string of the molecule is CC(C)(C)Cc1cc(NC(=O)CN2CCCCC(O)C2=O)n[nH]1. The molecule has 1 aliphatic heterocycles. The lowest BCUT2D eigenvalue weighted by Gasteiger charge is -2.21. The van der Waals surface area contributed by atoms with Crippen LogP contribution >= 0.6 is 0 Å². The third-order valence-corrected chi connectivity index (χ3v) is 3.71. The minimum absolute atomic E-state index is 0.0582. The second-order valence-corrected chi connectivity index (χ2v) is 7.34. The monoisotopic (exact) mass is 322 g/mol. The van der Waals surface area contributed by atoms with E-state index in [-0.39, 0.29) is 23.8 Å². The number of H-pyrrole nitrogens is 1. The molecule has 0 bridgehead atoms. The van der Waals surface area contributed by atoms with Gasteiger partial charge in [0, 0.05) is 18.3 Å². The molecule has 7 nitrogen and oxygen atoms in total. The van der Waals surface area contributed by atoms with Crippen molar-refractivity contribution in [3.8, 4) is 0 Å². The molecule has 2 amide bonds. The van der Waals surface area contributed by atoms with E-state index < -0.39 is 6.10 Å². The van der Waals surface area contributed by atoms with Crippen LogP contribution in [-0.2, 0) is 16.0 Å². The first-order valence-electron chi connectivity index (χ1n) is 8.05. The number of hydrogen-bond donors (Lipinski definition) is 3. The zero-order valence-electron chi connectivity index (χ0n) is 14.1. The molecule has 1 unspecified atom stereocenters. The topological polar surface area (TPSA) is 98.3 Å². The molecule has 1 atom stereocenters. The molecule has 1 aromatic heterocycles. The average Bonchev–Trinajstić information content (AvgIpc) is 2.79. The van der Waals surface area contributed by atoms with Crippen LogP contribution in [0.1, 0.15) is 45.7 Å². The largest absolute Gasteiger partial charge is 0.383 e. The smallest absolute Gasteiger partial charge is 0.251 e. The van der Waals surface area contributed by atoms with Crippen LogP contribution in [-0.4, -0.2) is 51.2 Å². The van der Waals surface area contributed by atoms with Gasteiger partial charge in [-0.15, -0.1) is 0 Å². The quantitative estimate of drug-likeness (QED) is 0.778. The predicted molar refractivity (Wildman–Crippen MR) is 86.8 cm³/mol. The van der Waals surface area contributed by atoms with E-state index in [9.17, 15) is 14.7 Å². The molecule has 2 rings (SSSR count). The van der Waals surface area contributed by atoms with E-state index in [1.54, 1.807) is 0 Å². The Balaban J connectivity index is 1.90. The molecule has 0 spiro atoms. The van der Waals surface area contributed by atoms with E-state index in [2.05, 4.69) is 36.3 Å². The van der Waals surface area contributed by atoms with Crippen LogP contribution in [0, 0.1) is 5.41 Å². The maximum absolute atomic E-state index is 12.1. The van der Waals surface area contributed by atoms with Crippen LogP contribution in [0.5, 0.6) is 0 Å². The number of aromatic nitrogens is 2. The van der Waals surface area contributed by atoms with Gasteiger partial charge in [0.15, 0.2) is 5.82 Å². The first-order chi connectivity index (χ1) is 10.7. The van der Waals surface area contributed by atoms with Crippen LogP contribution in [0.15, 0.2) is 6.07 Å². The standard InChI is InChI=1S/C16H26N4O3/c1-16(2,3)9-11-8-13(19-18-11)17-14(22)10-20-7-5-4-6-12(21)15(20)23/h8,12,21H,4-7,9-10H2,1-3H3,(H2,17,18,19,22). The highest BCUT2D eigenvalue weighted by Crippen LogP contribution is 2.20. The van der Waals surface area contributed by atoms with Crippen LogP contribution < -0.4 is 5.32 Å². The summed E-state index contributed by atoms with van der Waals surface area (Å²) in [7, 11) is 0. The molecular weight excluding hydrogens is 296 g/mol. The van der Waals surface area contributed by atoms with Gasteiger partial charge in [-0.3, -0.25) is 14.7 Å². The molecule has 0 aromatic carbocycles. The fourth-order valence-corrected chi connectivity index (χ4v) is 2.69. The van der Waals surface area contributed by atoms with Crippen molar-refractivity contribution in [1.29, 1.82) is 0 Å². The molecule has 0 radical (unpaired) electrons. The number of carbonyl (C=O) groups is 2. The molecule has 3 N–H and O–H groups in total. The summed E-state index contributed by atoms with van der Waals surface area (Å²) in [5.74, 6) is -0.216. The van der Waals surface area contributed by atoms with Gasteiger partial charge in [0.25, 0.3) is 5.91 Å². The number of nitrogens with one attached hydrogen (secondary N) is 2. The zero-order valence-corrected chi connectivity index (χ0v) is 14.1. The summed E-state index contributed by atoms with van der Waals surface area (Å²) in [6, 6.07) is 1.81. The van der Waals surface area contributed by atoms with E-state index in [1.807, 2.05) is 6.07 Å². The number of hydrogen-bond acceptors (Lipinski definition) is 4. The Hall–Kier alpha value is -1.89. The summed E-state index contributed by atoms with van der Waals surface area (Å²) >= 11 is 0. The van der Waals surface area contributed by atoms with Gasteiger partial charge in [-0.25, -0.2) is 0 Å². The van der Waals surface area contributed by atoms with Gasteiger partial charge in [-0.1, -0.05) is 20.8 Å². The number of aliphatic hydroxyl groups excluding tert-OH is 1. The molecule has 7 heteroatoms. The molecule has 1 aromatic rings. The Morgan fingerprint density at radius 1 is 1.48 bits per heavy atom. The van der Waals surface area contributed by atoms with E-state index >= 15 is 0 Å². The number of aromatic amines is 1. The number of amides is 2. The summed E-state index contributed by atoms with van der Waals surface area (Å²) in [6.07, 6.45) is 1.89. The van der Waals surface area contributed by atoms with Gasteiger partial charge in [-0.05, 0) is 31.1 Å². The number of likely N-dealkylation sites (tertiary alicyclic amines) is 1. The van der Waals surface area contributed by atoms with Crippen molar-refractivity contribution < 1.29 is 14.7 Å². The molecule has 23 heavy (non-hydrogen) atoms. The first kappa shape index (κ1) is 17.5. The number of carbonyl (C=O) groups excluding carboxylic acids is 2. The highest BCUT2D eigenvalue weighted by atomic mass is 16.3. The summed E-state index contributed by atoms with van der Waals surface area (Å²) in [6.45, 7) is 6.82. The first-order valence-corrected chi connectivity index (χ1v) is 8.05. The summed E-state index contributed by atoms with van der Waals surface area (Å²) in [5, 5.41) is 19.4. The summed E-state index contributed by atoms with van der Waals surface area (Å²) in [5.41, 5.74) is 1.08. The molecule has 2 heterocycles. The second-order valence-electron chi connectivity index (χ2n) is 7.34. The molecule has 0 aliphatic carbocycles. The van der Waals surface area contributed by atoms with Crippen LogP contribution in [0.3, 0.4) is 0 Å². The predicted octanol–water partition coefficient (Wildman–Crippen LogP) is 1.31.